The van der Waals surface area contributed by atoms with E-state index in [2.05, 4.69) is 26.2 Å². The molecule has 7 heteroatoms. The predicted octanol–water partition coefficient (Wildman–Crippen LogP) is 2.86. The first kappa shape index (κ1) is 12.7. The molecule has 2 aromatic heterocycles. The molecule has 92 valence electrons. The van der Waals surface area contributed by atoms with Crippen molar-refractivity contribution in [1.29, 1.82) is 0 Å². The van der Waals surface area contributed by atoms with Gasteiger partial charge in [-0.15, -0.1) is 11.3 Å². The lowest BCUT2D eigenvalue weighted by molar-refractivity contribution is 0.0690. The number of rotatable bonds is 3. The van der Waals surface area contributed by atoms with Crippen LogP contribution in [0.5, 0.6) is 0 Å². The second-order valence-corrected chi connectivity index (χ2v) is 5.62. The molecule has 5 nitrogen and oxygen atoms in total. The van der Waals surface area contributed by atoms with Crippen molar-refractivity contribution in [3.05, 3.63) is 44.8 Å². The fourth-order valence-electron chi connectivity index (χ4n) is 1.23. The number of carboxylic acid groups (broad SMARTS) is 1. The van der Waals surface area contributed by atoms with Crippen LogP contribution in [0.15, 0.2) is 33.6 Å². The Labute approximate surface area is 115 Å². The Morgan fingerprint density at radius 3 is 2.67 bits per heavy atom. The van der Waals surface area contributed by atoms with Gasteiger partial charge in [0.15, 0.2) is 0 Å². The lowest BCUT2D eigenvalue weighted by atomic mass is 10.3. The van der Waals surface area contributed by atoms with Gasteiger partial charge in [0.25, 0.3) is 5.91 Å². The molecule has 2 rings (SSSR count). The molecule has 0 atom stereocenters. The summed E-state index contributed by atoms with van der Waals surface area (Å²) >= 11 is 4.68. The van der Waals surface area contributed by atoms with Gasteiger partial charge in [0.1, 0.15) is 5.69 Å². The first-order valence-corrected chi connectivity index (χ1v) is 6.48. The summed E-state index contributed by atoms with van der Waals surface area (Å²) in [7, 11) is 0. The van der Waals surface area contributed by atoms with E-state index in [-0.39, 0.29) is 11.6 Å². The summed E-state index contributed by atoms with van der Waals surface area (Å²) in [4.78, 5) is 26.1. The first-order chi connectivity index (χ1) is 8.56. The molecule has 0 bridgehead atoms. The van der Waals surface area contributed by atoms with Crippen LogP contribution in [0.1, 0.15) is 20.8 Å². The smallest absolute Gasteiger partial charge is 0.354 e. The van der Waals surface area contributed by atoms with E-state index in [1.54, 1.807) is 11.4 Å². The van der Waals surface area contributed by atoms with Gasteiger partial charge < -0.3 is 10.4 Å². The van der Waals surface area contributed by atoms with Gasteiger partial charge in [-0.1, -0.05) is 0 Å². The van der Waals surface area contributed by atoms with Crippen LogP contribution in [0.25, 0.3) is 0 Å². The Bertz CT molecular complexity index is 595. The van der Waals surface area contributed by atoms with Crippen molar-refractivity contribution in [2.45, 2.75) is 0 Å². The maximum Gasteiger partial charge on any atom is 0.354 e. The molecular formula is C11H7BrN2O3S. The third kappa shape index (κ3) is 2.93. The summed E-state index contributed by atoms with van der Waals surface area (Å²) in [6.45, 7) is 0. The van der Waals surface area contributed by atoms with E-state index in [0.29, 0.717) is 11.3 Å². The number of aromatic carboxylic acids is 1. The van der Waals surface area contributed by atoms with Crippen LogP contribution in [0.3, 0.4) is 0 Å². The molecule has 0 radical (unpaired) electrons. The second kappa shape index (κ2) is 5.28. The van der Waals surface area contributed by atoms with Crippen molar-refractivity contribution in [2.75, 3.05) is 5.32 Å². The number of thiophene rings is 1. The van der Waals surface area contributed by atoms with Crippen LogP contribution in [0, 0.1) is 0 Å². The van der Waals surface area contributed by atoms with E-state index in [9.17, 15) is 9.59 Å². The van der Waals surface area contributed by atoms with Gasteiger partial charge in [0, 0.05) is 5.38 Å². The molecule has 2 aromatic rings. The van der Waals surface area contributed by atoms with Crippen molar-refractivity contribution in [3.63, 3.8) is 0 Å². The molecule has 1 amide bonds. The highest BCUT2D eigenvalue weighted by molar-refractivity contribution is 9.11. The van der Waals surface area contributed by atoms with Gasteiger partial charge in [-0.3, -0.25) is 4.79 Å². The monoisotopic (exact) mass is 326 g/mol. The van der Waals surface area contributed by atoms with Crippen molar-refractivity contribution in [1.82, 2.24) is 4.98 Å². The quantitative estimate of drug-likeness (QED) is 0.908. The van der Waals surface area contributed by atoms with Gasteiger partial charge in [-0.2, -0.15) is 0 Å². The maximum atomic E-state index is 11.8. The number of pyridine rings is 1. The van der Waals surface area contributed by atoms with Gasteiger partial charge in [0.05, 0.1) is 21.2 Å². The van der Waals surface area contributed by atoms with Crippen LogP contribution in [-0.2, 0) is 0 Å². The van der Waals surface area contributed by atoms with Crippen LogP contribution in [-0.4, -0.2) is 22.0 Å². The zero-order chi connectivity index (χ0) is 13.1. The SMILES string of the molecule is O=C(Nc1ccc(C(=O)O)nc1)c1csc(Br)c1. The Morgan fingerprint density at radius 1 is 1.39 bits per heavy atom. The number of anilines is 1. The average molecular weight is 327 g/mol. The summed E-state index contributed by atoms with van der Waals surface area (Å²) in [6, 6.07) is 4.54. The largest absolute Gasteiger partial charge is 0.477 e. The number of nitrogens with zero attached hydrogens (tertiary/aromatic N) is 1. The molecule has 0 aliphatic carbocycles. The number of carboxylic acids is 1. The topological polar surface area (TPSA) is 79.3 Å². The molecule has 0 fully saturated rings. The van der Waals surface area contributed by atoms with Crippen molar-refractivity contribution in [2.24, 2.45) is 0 Å². The molecule has 0 aliphatic heterocycles. The van der Waals surface area contributed by atoms with Crippen LogP contribution >= 0.6 is 27.3 Å². The number of carbonyl (C=O) groups excluding carboxylic acids is 1. The van der Waals surface area contributed by atoms with Gasteiger partial charge in [-0.25, -0.2) is 9.78 Å². The summed E-state index contributed by atoms with van der Waals surface area (Å²) in [5.41, 5.74) is 0.924. The minimum Gasteiger partial charge on any atom is -0.477 e. The predicted molar refractivity (Wildman–Crippen MR) is 71.2 cm³/mol. The number of amides is 1. The van der Waals surface area contributed by atoms with Crippen LogP contribution in [0.2, 0.25) is 0 Å². The fourth-order valence-corrected chi connectivity index (χ4v) is 2.36. The van der Waals surface area contributed by atoms with Crippen molar-refractivity contribution < 1.29 is 14.7 Å². The third-order valence-corrected chi connectivity index (χ3v) is 3.57. The van der Waals surface area contributed by atoms with Gasteiger partial charge in [-0.05, 0) is 34.1 Å². The minimum atomic E-state index is -1.10. The zero-order valence-electron chi connectivity index (χ0n) is 8.88. The number of hydrogen-bond acceptors (Lipinski definition) is 4. The number of hydrogen-bond donors (Lipinski definition) is 2. The van der Waals surface area contributed by atoms with Crippen LogP contribution in [0.4, 0.5) is 5.69 Å². The number of carbonyl (C=O) groups is 2. The van der Waals surface area contributed by atoms with E-state index in [1.165, 1.54) is 29.7 Å². The third-order valence-electron chi connectivity index (χ3n) is 2.07. The van der Waals surface area contributed by atoms with Crippen molar-refractivity contribution >= 4 is 44.8 Å². The first-order valence-electron chi connectivity index (χ1n) is 4.81. The van der Waals surface area contributed by atoms with E-state index in [4.69, 9.17) is 5.11 Å². The highest BCUT2D eigenvalue weighted by Gasteiger charge is 2.09. The van der Waals surface area contributed by atoms with Crippen LogP contribution < -0.4 is 5.32 Å². The Morgan fingerprint density at radius 2 is 2.17 bits per heavy atom. The zero-order valence-corrected chi connectivity index (χ0v) is 11.3. The summed E-state index contributed by atoms with van der Waals surface area (Å²) in [6.07, 6.45) is 1.31. The van der Waals surface area contributed by atoms with E-state index >= 15 is 0 Å². The highest BCUT2D eigenvalue weighted by Crippen LogP contribution is 2.21. The van der Waals surface area contributed by atoms with Gasteiger partial charge in [0.2, 0.25) is 0 Å². The molecule has 2 N–H and O–H groups in total. The lowest BCUT2D eigenvalue weighted by Crippen LogP contribution is -2.11. The molecule has 2 heterocycles. The molecule has 0 spiro atoms. The highest BCUT2D eigenvalue weighted by atomic mass is 79.9. The maximum absolute atomic E-state index is 11.8. The molecule has 0 aromatic carbocycles. The molecule has 0 saturated carbocycles. The van der Waals surface area contributed by atoms with E-state index < -0.39 is 5.97 Å². The molecular weight excluding hydrogens is 320 g/mol. The van der Waals surface area contributed by atoms with Gasteiger partial charge >= 0.3 is 5.97 Å². The molecule has 0 aliphatic rings. The molecule has 0 unspecified atom stereocenters. The number of aromatic nitrogens is 1. The average Bonchev–Trinajstić information content (AvgIpc) is 2.76. The number of halogens is 1. The molecule has 0 saturated heterocycles. The molecule has 18 heavy (non-hydrogen) atoms. The fraction of sp³-hybridized carbons (Fsp3) is 0. The number of nitrogens with one attached hydrogen (secondary N) is 1. The second-order valence-electron chi connectivity index (χ2n) is 3.33. The normalized spacial score (nSPS) is 10.1. The Kier molecular flexibility index (Phi) is 3.73. The summed E-state index contributed by atoms with van der Waals surface area (Å²) in [5, 5.41) is 13.0. The van der Waals surface area contributed by atoms with E-state index in [0.717, 1.165) is 3.79 Å². The van der Waals surface area contributed by atoms with Crippen molar-refractivity contribution in [3.8, 4) is 0 Å². The van der Waals surface area contributed by atoms with E-state index in [1.807, 2.05) is 0 Å². The summed E-state index contributed by atoms with van der Waals surface area (Å²) < 4.78 is 0.868. The lowest BCUT2D eigenvalue weighted by Gasteiger charge is -2.03. The standard InChI is InChI=1S/C11H7BrN2O3S/c12-9-3-6(5-18-9)10(15)14-7-1-2-8(11(16)17)13-4-7/h1-5H,(H,14,15)(H,16,17). The Balaban J connectivity index is 2.10. The Hall–Kier alpha value is -1.73. The summed E-state index contributed by atoms with van der Waals surface area (Å²) in [5.74, 6) is -1.36. The minimum absolute atomic E-state index is 0.0636.